The van der Waals surface area contributed by atoms with E-state index < -0.39 is 11.2 Å². The van der Waals surface area contributed by atoms with Gasteiger partial charge < -0.3 is 4.55 Å². The molecule has 1 atom stereocenters. The maximum Gasteiger partial charge on any atom is 0.156 e. The Kier molecular flexibility index (Phi) is 2.98. The molecule has 0 aromatic heterocycles. The maximum absolute atomic E-state index is 11.1. The van der Waals surface area contributed by atoms with Crippen LogP contribution in [0.4, 0.5) is 0 Å². The van der Waals surface area contributed by atoms with Gasteiger partial charge in [0.25, 0.3) is 0 Å². The Balaban J connectivity index is 3.13. The minimum atomic E-state index is -0.881. The van der Waals surface area contributed by atoms with Crippen LogP contribution in [0.5, 0.6) is 0 Å². The number of benzene rings is 1. The number of hydrogen-bond donors (Lipinski definition) is 0. The minimum absolute atomic E-state index is 0.881. The lowest BCUT2D eigenvalue weighted by Gasteiger charge is -2.06. The van der Waals surface area contributed by atoms with Gasteiger partial charge in [0.05, 0.1) is 0 Å². The third-order valence-corrected chi connectivity index (χ3v) is 3.01. The second-order valence-electron chi connectivity index (χ2n) is 2.36. The molecule has 0 saturated heterocycles. The fourth-order valence-corrected chi connectivity index (χ4v) is 2.21. The summed E-state index contributed by atoms with van der Waals surface area (Å²) in [6.07, 6.45) is 1.69. The monoisotopic (exact) mass is 232 g/mol. The average Bonchev–Trinajstić information content (AvgIpc) is 1.94. The van der Waals surface area contributed by atoms with Crippen molar-refractivity contribution in [2.75, 3.05) is 6.26 Å². The molecule has 11 heavy (non-hydrogen) atoms. The van der Waals surface area contributed by atoms with E-state index in [9.17, 15) is 4.55 Å². The molecule has 0 bridgehead atoms. The molecule has 0 spiro atoms. The van der Waals surface area contributed by atoms with Crippen molar-refractivity contribution < 1.29 is 4.55 Å². The Morgan fingerprint density at radius 3 is 2.55 bits per heavy atom. The van der Waals surface area contributed by atoms with Gasteiger partial charge in [-0.15, -0.1) is 0 Å². The summed E-state index contributed by atoms with van der Waals surface area (Å²) in [4.78, 5) is 0.902. The van der Waals surface area contributed by atoms with E-state index in [0.29, 0.717) is 0 Å². The molecule has 0 aliphatic rings. The molecular weight excluding hydrogens is 224 g/mol. The molecule has 0 saturated carbocycles. The molecule has 0 heterocycles. The van der Waals surface area contributed by atoms with E-state index in [-0.39, 0.29) is 0 Å². The molecule has 60 valence electrons. The predicted octanol–water partition coefficient (Wildman–Crippen LogP) is 2.49. The van der Waals surface area contributed by atoms with Crippen LogP contribution in [0.15, 0.2) is 27.6 Å². The van der Waals surface area contributed by atoms with Crippen LogP contribution < -0.4 is 0 Å². The third kappa shape index (κ3) is 2.22. The molecule has 1 unspecified atom stereocenters. The molecule has 0 radical (unpaired) electrons. The highest BCUT2D eigenvalue weighted by Gasteiger charge is 2.07. The molecule has 0 aliphatic heterocycles. The van der Waals surface area contributed by atoms with E-state index in [0.717, 1.165) is 14.9 Å². The fraction of sp³-hybridized carbons (Fsp3) is 0.250. The molecule has 0 aliphatic carbocycles. The van der Waals surface area contributed by atoms with Crippen molar-refractivity contribution in [3.8, 4) is 0 Å². The summed E-state index contributed by atoms with van der Waals surface area (Å²) in [7, 11) is 0. The molecule has 1 rings (SSSR count). The Hall–Kier alpha value is 0.01000. The van der Waals surface area contributed by atoms with Gasteiger partial charge in [0.15, 0.2) is 4.90 Å². The average molecular weight is 233 g/mol. The quantitative estimate of drug-likeness (QED) is 0.683. The number of aryl methyl sites for hydroxylation is 1. The minimum Gasteiger partial charge on any atom is -0.612 e. The van der Waals surface area contributed by atoms with Crippen LogP contribution in [0, 0.1) is 6.92 Å². The van der Waals surface area contributed by atoms with Crippen LogP contribution in [-0.4, -0.2) is 10.8 Å². The van der Waals surface area contributed by atoms with Crippen LogP contribution in [-0.2, 0) is 11.2 Å². The van der Waals surface area contributed by atoms with Crippen LogP contribution in [0.2, 0.25) is 0 Å². The second kappa shape index (κ2) is 3.61. The molecule has 0 amide bonds. The lowest BCUT2D eigenvalue weighted by atomic mass is 10.2. The highest BCUT2D eigenvalue weighted by Crippen LogP contribution is 2.19. The van der Waals surface area contributed by atoms with Gasteiger partial charge in [-0.2, -0.15) is 0 Å². The van der Waals surface area contributed by atoms with E-state index in [1.165, 1.54) is 0 Å². The van der Waals surface area contributed by atoms with Crippen molar-refractivity contribution >= 4 is 27.1 Å². The van der Waals surface area contributed by atoms with Gasteiger partial charge in [0, 0.05) is 16.1 Å². The Morgan fingerprint density at radius 1 is 1.45 bits per heavy atom. The predicted molar refractivity (Wildman–Crippen MR) is 51.2 cm³/mol. The largest absolute Gasteiger partial charge is 0.612 e. The lowest BCUT2D eigenvalue weighted by Crippen LogP contribution is -1.99. The van der Waals surface area contributed by atoms with E-state index in [1.54, 1.807) is 6.26 Å². The zero-order chi connectivity index (χ0) is 8.43. The van der Waals surface area contributed by atoms with E-state index in [4.69, 9.17) is 0 Å². The van der Waals surface area contributed by atoms with E-state index >= 15 is 0 Å². The van der Waals surface area contributed by atoms with Gasteiger partial charge in [-0.25, -0.2) is 0 Å². The van der Waals surface area contributed by atoms with Crippen LogP contribution >= 0.6 is 15.9 Å². The summed E-state index contributed by atoms with van der Waals surface area (Å²) < 4.78 is 12.1. The fourth-order valence-electron chi connectivity index (χ4n) is 0.884. The molecule has 0 N–H and O–H groups in total. The normalized spacial score (nSPS) is 13.1. The first-order chi connectivity index (χ1) is 5.11. The first-order valence-electron chi connectivity index (χ1n) is 3.21. The Labute approximate surface area is 78.1 Å². The summed E-state index contributed by atoms with van der Waals surface area (Å²) in [5.74, 6) is 0. The highest BCUT2D eigenvalue weighted by molar-refractivity contribution is 9.10. The van der Waals surface area contributed by atoms with Gasteiger partial charge >= 0.3 is 0 Å². The highest BCUT2D eigenvalue weighted by atomic mass is 79.9. The van der Waals surface area contributed by atoms with Crippen molar-refractivity contribution in [3.05, 3.63) is 28.2 Å². The van der Waals surface area contributed by atoms with Crippen molar-refractivity contribution in [1.29, 1.82) is 0 Å². The van der Waals surface area contributed by atoms with Crippen molar-refractivity contribution in [1.82, 2.24) is 0 Å². The van der Waals surface area contributed by atoms with Crippen LogP contribution in [0.3, 0.4) is 0 Å². The number of halogens is 1. The molecule has 1 nitrogen and oxygen atoms in total. The zero-order valence-corrected chi connectivity index (χ0v) is 8.83. The molecule has 0 fully saturated rings. The summed E-state index contributed by atoms with van der Waals surface area (Å²) in [6.45, 7) is 1.96. The third-order valence-electron chi connectivity index (χ3n) is 1.46. The SMILES string of the molecule is Cc1ccc(Br)cc1[S+](C)[O-]. The molecule has 1 aromatic rings. The van der Waals surface area contributed by atoms with Crippen molar-refractivity contribution in [2.45, 2.75) is 11.8 Å². The summed E-state index contributed by atoms with van der Waals surface area (Å²) >= 11 is 2.45. The second-order valence-corrected chi connectivity index (χ2v) is 4.63. The first-order valence-corrected chi connectivity index (χ1v) is 5.56. The van der Waals surface area contributed by atoms with Gasteiger partial charge in [-0.3, -0.25) is 0 Å². The van der Waals surface area contributed by atoms with E-state index in [2.05, 4.69) is 15.9 Å². The zero-order valence-electron chi connectivity index (χ0n) is 6.43. The number of rotatable bonds is 1. The lowest BCUT2D eigenvalue weighted by molar-refractivity contribution is 0.600. The standard InChI is InChI=1S/C8H9BrOS/c1-6-3-4-7(9)5-8(6)11(2)10/h3-5H,1-2H3. The van der Waals surface area contributed by atoms with Gasteiger partial charge in [-0.1, -0.05) is 22.0 Å². The Morgan fingerprint density at radius 2 is 2.09 bits per heavy atom. The summed E-state index contributed by atoms with van der Waals surface area (Å²) in [5.41, 5.74) is 1.08. The van der Waals surface area contributed by atoms with Crippen molar-refractivity contribution in [2.24, 2.45) is 0 Å². The topological polar surface area (TPSA) is 23.1 Å². The Bertz CT molecular complexity index is 260. The van der Waals surface area contributed by atoms with Gasteiger partial charge in [-0.05, 0) is 24.2 Å². The van der Waals surface area contributed by atoms with Crippen molar-refractivity contribution in [3.63, 3.8) is 0 Å². The molecule has 3 heteroatoms. The summed E-state index contributed by atoms with van der Waals surface area (Å²) in [6, 6.07) is 5.80. The summed E-state index contributed by atoms with van der Waals surface area (Å²) in [5, 5.41) is 0. The molecular formula is C8H9BrOS. The van der Waals surface area contributed by atoms with Crippen LogP contribution in [0.25, 0.3) is 0 Å². The number of hydrogen-bond acceptors (Lipinski definition) is 1. The first kappa shape index (κ1) is 9.10. The van der Waals surface area contributed by atoms with E-state index in [1.807, 2.05) is 25.1 Å². The maximum atomic E-state index is 11.1. The van der Waals surface area contributed by atoms with Gasteiger partial charge in [0.1, 0.15) is 6.26 Å². The smallest absolute Gasteiger partial charge is 0.156 e. The van der Waals surface area contributed by atoms with Gasteiger partial charge in [0.2, 0.25) is 0 Å². The van der Waals surface area contributed by atoms with Crippen LogP contribution in [0.1, 0.15) is 5.56 Å². The molecule has 1 aromatic carbocycles.